The van der Waals surface area contributed by atoms with Crippen LogP contribution in [0.5, 0.6) is 0 Å². The molecular weight excluding hydrogens is 200 g/mol. The molecule has 0 aliphatic heterocycles. The molecule has 0 aliphatic carbocycles. The Morgan fingerprint density at radius 3 is 2.50 bits per heavy atom. The number of amides is 1. The fraction of sp³-hybridized carbons (Fsp3) is 0.556. The number of hydrogen-bond acceptors (Lipinski definition) is 4. The molecule has 2 N–H and O–H groups in total. The lowest BCUT2D eigenvalue weighted by atomic mass is 9.96. The molecule has 0 rings (SSSR count). The van der Waals surface area contributed by atoms with Crippen molar-refractivity contribution in [2.45, 2.75) is 13.8 Å². The maximum Gasteiger partial charge on any atom is 0.229 e. The van der Waals surface area contributed by atoms with Crippen LogP contribution in [0, 0.1) is 23.5 Å². The number of nitrogens with zero attached hydrogens (tertiary/aromatic N) is 1. The highest BCUT2D eigenvalue weighted by Crippen LogP contribution is 2.20. The molecule has 1 unspecified atom stereocenters. The Morgan fingerprint density at radius 2 is 2.21 bits per heavy atom. The van der Waals surface area contributed by atoms with E-state index in [0.717, 1.165) is 11.8 Å². The Balaban J connectivity index is 4.82. The summed E-state index contributed by atoms with van der Waals surface area (Å²) in [7, 11) is 1.53. The van der Waals surface area contributed by atoms with Crippen molar-refractivity contribution in [2.75, 3.05) is 7.05 Å². The molecule has 0 aromatic heterocycles. The standard InChI is InChI=1S/C9H14N2O2S/c1-5-14-9(11-13)7(6(2)3)8(12)10-4/h1,6-7,13H,2-4H3,(H,10,12). The molecule has 4 nitrogen and oxygen atoms in total. The maximum absolute atomic E-state index is 11.4. The topological polar surface area (TPSA) is 61.7 Å². The minimum absolute atomic E-state index is 0.0294. The van der Waals surface area contributed by atoms with Gasteiger partial charge in [-0.1, -0.05) is 19.0 Å². The van der Waals surface area contributed by atoms with Crippen molar-refractivity contribution < 1.29 is 10.0 Å². The summed E-state index contributed by atoms with van der Waals surface area (Å²) in [5.41, 5.74) is 0. The van der Waals surface area contributed by atoms with Crippen molar-refractivity contribution in [3.8, 4) is 11.7 Å². The Morgan fingerprint density at radius 1 is 1.64 bits per heavy atom. The van der Waals surface area contributed by atoms with Crippen LogP contribution in [-0.2, 0) is 4.79 Å². The van der Waals surface area contributed by atoms with E-state index < -0.39 is 5.92 Å². The van der Waals surface area contributed by atoms with Crippen LogP contribution in [0.1, 0.15) is 13.8 Å². The van der Waals surface area contributed by atoms with Gasteiger partial charge in [0, 0.05) is 7.05 Å². The van der Waals surface area contributed by atoms with Gasteiger partial charge >= 0.3 is 0 Å². The lowest BCUT2D eigenvalue weighted by Crippen LogP contribution is -2.35. The van der Waals surface area contributed by atoms with Crippen LogP contribution >= 0.6 is 11.8 Å². The molecular formula is C9H14N2O2S. The van der Waals surface area contributed by atoms with Crippen LogP contribution in [0.15, 0.2) is 5.16 Å². The zero-order valence-electron chi connectivity index (χ0n) is 8.44. The summed E-state index contributed by atoms with van der Waals surface area (Å²) in [6, 6.07) is 0. The number of oxime groups is 1. The third-order valence-corrected chi connectivity index (χ3v) is 2.39. The normalized spacial score (nSPS) is 13.5. The number of nitrogens with one attached hydrogen (secondary N) is 1. The van der Waals surface area contributed by atoms with Gasteiger partial charge in [-0.2, -0.15) is 0 Å². The molecule has 78 valence electrons. The first kappa shape index (κ1) is 12.8. The van der Waals surface area contributed by atoms with Gasteiger partial charge in [-0.05, 0) is 22.9 Å². The van der Waals surface area contributed by atoms with E-state index in [2.05, 4.69) is 15.7 Å². The van der Waals surface area contributed by atoms with E-state index >= 15 is 0 Å². The van der Waals surface area contributed by atoms with Crippen molar-refractivity contribution in [1.82, 2.24) is 5.32 Å². The summed E-state index contributed by atoms with van der Waals surface area (Å²) in [6.07, 6.45) is 5.07. The highest BCUT2D eigenvalue weighted by Gasteiger charge is 2.27. The average molecular weight is 214 g/mol. The number of rotatable bonds is 3. The summed E-state index contributed by atoms with van der Waals surface area (Å²) in [4.78, 5) is 11.4. The van der Waals surface area contributed by atoms with Crippen molar-refractivity contribution in [1.29, 1.82) is 0 Å². The molecule has 14 heavy (non-hydrogen) atoms. The van der Waals surface area contributed by atoms with Gasteiger partial charge in [-0.15, -0.1) is 6.42 Å². The van der Waals surface area contributed by atoms with E-state index in [1.165, 1.54) is 7.05 Å². The number of hydrogen-bond donors (Lipinski definition) is 2. The summed E-state index contributed by atoms with van der Waals surface area (Å²) in [6.45, 7) is 3.73. The highest BCUT2D eigenvalue weighted by molar-refractivity contribution is 8.18. The first-order valence-electron chi connectivity index (χ1n) is 4.14. The van der Waals surface area contributed by atoms with Crippen LogP contribution in [0.3, 0.4) is 0 Å². The third-order valence-electron chi connectivity index (χ3n) is 1.72. The summed E-state index contributed by atoms with van der Waals surface area (Å²) in [5.74, 6) is -0.664. The summed E-state index contributed by atoms with van der Waals surface area (Å²) >= 11 is 0.923. The molecule has 1 atom stereocenters. The fourth-order valence-corrected chi connectivity index (χ4v) is 1.73. The molecule has 0 aliphatic rings. The van der Waals surface area contributed by atoms with Gasteiger partial charge in [0.25, 0.3) is 0 Å². The second kappa shape index (κ2) is 6.33. The second-order valence-corrected chi connectivity index (χ2v) is 3.85. The van der Waals surface area contributed by atoms with Crippen LogP contribution in [0.25, 0.3) is 0 Å². The van der Waals surface area contributed by atoms with Crippen LogP contribution in [-0.4, -0.2) is 23.2 Å². The van der Waals surface area contributed by atoms with E-state index in [9.17, 15) is 4.79 Å². The predicted octanol–water partition coefficient (Wildman–Crippen LogP) is 1.12. The quantitative estimate of drug-likeness (QED) is 0.243. The van der Waals surface area contributed by atoms with Gasteiger partial charge in [0.15, 0.2) is 0 Å². The van der Waals surface area contributed by atoms with Gasteiger partial charge in [0.1, 0.15) is 5.04 Å². The van der Waals surface area contributed by atoms with E-state index in [4.69, 9.17) is 11.6 Å². The molecule has 0 spiro atoms. The van der Waals surface area contributed by atoms with Crippen LogP contribution in [0.2, 0.25) is 0 Å². The molecule has 0 bridgehead atoms. The fourth-order valence-electron chi connectivity index (χ4n) is 1.06. The Kier molecular flexibility index (Phi) is 5.81. The average Bonchev–Trinajstić information content (AvgIpc) is 2.16. The first-order valence-corrected chi connectivity index (χ1v) is 4.96. The van der Waals surface area contributed by atoms with Gasteiger partial charge in [0.05, 0.1) is 5.92 Å². The van der Waals surface area contributed by atoms with E-state index in [1.54, 1.807) is 0 Å². The maximum atomic E-state index is 11.4. The molecule has 0 heterocycles. The van der Waals surface area contributed by atoms with Crippen molar-refractivity contribution in [2.24, 2.45) is 17.0 Å². The lowest BCUT2D eigenvalue weighted by molar-refractivity contribution is -0.123. The molecule has 0 aromatic carbocycles. The van der Waals surface area contributed by atoms with Crippen LogP contribution in [0.4, 0.5) is 0 Å². The largest absolute Gasteiger partial charge is 0.410 e. The number of thioether (sulfide) groups is 1. The number of terminal acetylenes is 1. The van der Waals surface area contributed by atoms with E-state index in [-0.39, 0.29) is 16.9 Å². The first-order chi connectivity index (χ1) is 6.58. The highest BCUT2D eigenvalue weighted by atomic mass is 32.2. The molecule has 0 fully saturated rings. The number of carbonyl (C=O) groups is 1. The summed E-state index contributed by atoms with van der Waals surface area (Å²) in [5, 5.41) is 16.8. The molecule has 0 saturated carbocycles. The van der Waals surface area contributed by atoms with Gasteiger partial charge < -0.3 is 10.5 Å². The lowest BCUT2D eigenvalue weighted by Gasteiger charge is -2.17. The second-order valence-electron chi connectivity index (χ2n) is 2.99. The molecule has 1 amide bonds. The zero-order valence-corrected chi connectivity index (χ0v) is 9.26. The minimum atomic E-state index is -0.494. The Hall–Kier alpha value is -1.15. The molecule has 5 heteroatoms. The molecule has 0 radical (unpaired) electrons. The van der Waals surface area contributed by atoms with E-state index in [0.29, 0.717) is 0 Å². The minimum Gasteiger partial charge on any atom is -0.410 e. The van der Waals surface area contributed by atoms with Gasteiger partial charge in [-0.3, -0.25) is 4.79 Å². The van der Waals surface area contributed by atoms with Gasteiger partial charge in [0.2, 0.25) is 5.91 Å². The third kappa shape index (κ3) is 3.30. The Labute approximate surface area is 88.1 Å². The SMILES string of the molecule is C#CSC(=NO)C(C(=O)NC)C(C)C. The number of carbonyl (C=O) groups excluding carboxylic acids is 1. The smallest absolute Gasteiger partial charge is 0.229 e. The summed E-state index contributed by atoms with van der Waals surface area (Å²) < 4.78 is 0. The molecule has 0 aromatic rings. The predicted molar refractivity (Wildman–Crippen MR) is 58.0 cm³/mol. The van der Waals surface area contributed by atoms with Crippen molar-refractivity contribution in [3.63, 3.8) is 0 Å². The van der Waals surface area contributed by atoms with E-state index in [1.807, 2.05) is 13.8 Å². The van der Waals surface area contributed by atoms with Crippen molar-refractivity contribution >= 4 is 22.7 Å². The molecule has 0 saturated heterocycles. The Bertz CT molecular complexity index is 268. The van der Waals surface area contributed by atoms with Crippen LogP contribution < -0.4 is 5.32 Å². The zero-order chi connectivity index (χ0) is 11.1. The van der Waals surface area contributed by atoms with Gasteiger partial charge in [-0.25, -0.2) is 0 Å². The van der Waals surface area contributed by atoms with Crippen molar-refractivity contribution in [3.05, 3.63) is 0 Å². The monoisotopic (exact) mass is 214 g/mol.